The van der Waals surface area contributed by atoms with Crippen LogP contribution < -0.4 is 0 Å². The molecule has 1 aliphatic rings. The van der Waals surface area contributed by atoms with E-state index in [9.17, 15) is 4.79 Å². The van der Waals surface area contributed by atoms with E-state index in [1.165, 1.54) is 5.56 Å². The van der Waals surface area contributed by atoms with E-state index in [0.717, 1.165) is 24.1 Å². The number of benzene rings is 2. The third-order valence-corrected chi connectivity index (χ3v) is 5.10. The van der Waals surface area contributed by atoms with E-state index in [4.69, 9.17) is 4.74 Å². The smallest absolute Gasteiger partial charge is 0.227 e. The molecule has 1 saturated heterocycles. The molecule has 0 radical (unpaired) electrons. The number of aromatic nitrogens is 3. The minimum atomic E-state index is 0.106. The number of rotatable bonds is 6. The van der Waals surface area contributed by atoms with E-state index in [1.807, 2.05) is 39.8 Å². The van der Waals surface area contributed by atoms with Crippen molar-refractivity contribution in [1.29, 1.82) is 0 Å². The van der Waals surface area contributed by atoms with Crippen molar-refractivity contribution in [3.63, 3.8) is 0 Å². The Morgan fingerprint density at radius 2 is 1.75 bits per heavy atom. The van der Waals surface area contributed by atoms with Crippen LogP contribution in [0.4, 0.5) is 0 Å². The molecular weight excluding hydrogens is 352 g/mol. The number of amides is 1. The largest absolute Gasteiger partial charge is 0.375 e. The van der Waals surface area contributed by atoms with E-state index < -0.39 is 0 Å². The van der Waals surface area contributed by atoms with Crippen LogP contribution in [0.15, 0.2) is 67.3 Å². The molecule has 3 aromatic rings. The first-order valence-electron chi connectivity index (χ1n) is 9.65. The lowest BCUT2D eigenvalue weighted by molar-refractivity contribution is -0.138. The van der Waals surface area contributed by atoms with E-state index in [0.29, 0.717) is 26.1 Å². The number of morpholine rings is 1. The Kier molecular flexibility index (Phi) is 5.77. The molecule has 0 bridgehead atoms. The molecule has 0 aliphatic carbocycles. The first kappa shape index (κ1) is 18.4. The van der Waals surface area contributed by atoms with Crippen LogP contribution in [0.2, 0.25) is 0 Å². The Morgan fingerprint density at radius 1 is 1.00 bits per heavy atom. The summed E-state index contributed by atoms with van der Waals surface area (Å²) in [4.78, 5) is 14.7. The zero-order valence-corrected chi connectivity index (χ0v) is 15.8. The lowest BCUT2D eigenvalue weighted by Gasteiger charge is -2.33. The highest BCUT2D eigenvalue weighted by molar-refractivity contribution is 5.79. The van der Waals surface area contributed by atoms with Crippen LogP contribution in [0, 0.1) is 0 Å². The van der Waals surface area contributed by atoms with Gasteiger partial charge in [-0.2, -0.15) is 0 Å². The number of carbonyl (C=O) groups excluding carboxylic acids is 1. The maximum Gasteiger partial charge on any atom is 0.227 e. The van der Waals surface area contributed by atoms with Crippen molar-refractivity contribution in [2.45, 2.75) is 25.4 Å². The molecule has 2 heterocycles. The molecule has 4 rings (SSSR count). The second kappa shape index (κ2) is 8.80. The van der Waals surface area contributed by atoms with Crippen molar-refractivity contribution in [1.82, 2.24) is 19.7 Å². The van der Waals surface area contributed by atoms with Crippen LogP contribution in [0.1, 0.15) is 17.5 Å². The highest BCUT2D eigenvalue weighted by Gasteiger charge is 2.24. The fourth-order valence-electron chi connectivity index (χ4n) is 3.50. The predicted octanol–water partition coefficient (Wildman–Crippen LogP) is 2.67. The highest BCUT2D eigenvalue weighted by Crippen LogP contribution is 2.15. The molecule has 6 heteroatoms. The summed E-state index contributed by atoms with van der Waals surface area (Å²) in [6.07, 6.45) is 5.73. The maximum absolute atomic E-state index is 12.7. The van der Waals surface area contributed by atoms with Gasteiger partial charge in [-0.25, -0.2) is 0 Å². The molecule has 0 saturated carbocycles. The van der Waals surface area contributed by atoms with Gasteiger partial charge in [-0.15, -0.1) is 10.2 Å². The lowest BCUT2D eigenvalue weighted by Crippen LogP contribution is -2.46. The summed E-state index contributed by atoms with van der Waals surface area (Å²) in [6.45, 7) is 1.95. The third-order valence-electron chi connectivity index (χ3n) is 5.10. The molecule has 1 unspecified atom stereocenters. The van der Waals surface area contributed by atoms with Gasteiger partial charge in [-0.05, 0) is 36.1 Å². The fraction of sp³-hybridized carbons (Fsp3) is 0.318. The van der Waals surface area contributed by atoms with E-state index >= 15 is 0 Å². The number of carbonyl (C=O) groups is 1. The van der Waals surface area contributed by atoms with Crippen LogP contribution in [-0.2, 0) is 22.4 Å². The lowest BCUT2D eigenvalue weighted by atomic mass is 10.1. The van der Waals surface area contributed by atoms with E-state index in [1.54, 1.807) is 12.7 Å². The van der Waals surface area contributed by atoms with Gasteiger partial charge in [-0.3, -0.25) is 9.36 Å². The van der Waals surface area contributed by atoms with Gasteiger partial charge < -0.3 is 9.64 Å². The summed E-state index contributed by atoms with van der Waals surface area (Å²) in [7, 11) is 0. The molecule has 6 nitrogen and oxygen atoms in total. The fourth-order valence-corrected chi connectivity index (χ4v) is 3.50. The SMILES string of the molecule is O=C(Cc1ccc(-n2cnnc2)cc1)N1CCOC(CCc2ccccc2)C1. The Hall–Kier alpha value is -2.99. The Balaban J connectivity index is 1.30. The van der Waals surface area contributed by atoms with Gasteiger partial charge in [0.2, 0.25) is 5.91 Å². The van der Waals surface area contributed by atoms with Gasteiger partial charge in [0, 0.05) is 18.8 Å². The Morgan fingerprint density at radius 3 is 2.50 bits per heavy atom. The molecule has 0 N–H and O–H groups in total. The topological polar surface area (TPSA) is 60.2 Å². The highest BCUT2D eigenvalue weighted by atomic mass is 16.5. The van der Waals surface area contributed by atoms with Crippen molar-refractivity contribution in [2.75, 3.05) is 19.7 Å². The van der Waals surface area contributed by atoms with Crippen LogP contribution in [-0.4, -0.2) is 51.4 Å². The normalized spacial score (nSPS) is 16.9. The molecule has 0 spiro atoms. The Labute approximate surface area is 164 Å². The molecule has 1 aliphatic heterocycles. The summed E-state index contributed by atoms with van der Waals surface area (Å²) in [5, 5.41) is 7.62. The van der Waals surface area contributed by atoms with Crippen molar-refractivity contribution < 1.29 is 9.53 Å². The zero-order valence-electron chi connectivity index (χ0n) is 15.8. The number of hydrogen-bond donors (Lipinski definition) is 0. The summed E-state index contributed by atoms with van der Waals surface area (Å²) < 4.78 is 7.72. The first-order chi connectivity index (χ1) is 13.8. The Bertz CT molecular complexity index is 879. The number of hydrogen-bond acceptors (Lipinski definition) is 4. The summed E-state index contributed by atoms with van der Waals surface area (Å²) in [5.74, 6) is 0.157. The number of nitrogens with zero attached hydrogens (tertiary/aromatic N) is 4. The summed E-state index contributed by atoms with van der Waals surface area (Å²) in [5.41, 5.74) is 3.30. The monoisotopic (exact) mass is 376 g/mol. The van der Waals surface area contributed by atoms with Crippen molar-refractivity contribution in [3.8, 4) is 5.69 Å². The van der Waals surface area contributed by atoms with Crippen LogP contribution >= 0.6 is 0 Å². The number of aryl methyl sites for hydroxylation is 1. The van der Waals surface area contributed by atoms with Crippen molar-refractivity contribution in [2.24, 2.45) is 0 Å². The van der Waals surface area contributed by atoms with Gasteiger partial charge in [0.05, 0.1) is 19.1 Å². The second-order valence-electron chi connectivity index (χ2n) is 7.07. The standard InChI is InChI=1S/C22H24N4O2/c27-22(14-19-6-9-20(10-7-19)26-16-23-24-17-26)25-12-13-28-21(15-25)11-8-18-4-2-1-3-5-18/h1-7,9-10,16-17,21H,8,11-15H2. The van der Waals surface area contributed by atoms with Gasteiger partial charge in [0.1, 0.15) is 12.7 Å². The predicted molar refractivity (Wildman–Crippen MR) is 106 cm³/mol. The van der Waals surface area contributed by atoms with Crippen molar-refractivity contribution >= 4 is 5.91 Å². The minimum Gasteiger partial charge on any atom is -0.375 e. The van der Waals surface area contributed by atoms with Gasteiger partial charge in [0.25, 0.3) is 0 Å². The average molecular weight is 376 g/mol. The van der Waals surface area contributed by atoms with Crippen LogP contribution in [0.3, 0.4) is 0 Å². The molecule has 1 fully saturated rings. The minimum absolute atomic E-state index is 0.106. The van der Waals surface area contributed by atoms with Crippen LogP contribution in [0.5, 0.6) is 0 Å². The van der Waals surface area contributed by atoms with E-state index in [2.05, 4.69) is 34.5 Å². The quantitative estimate of drug-likeness (QED) is 0.664. The van der Waals surface area contributed by atoms with Crippen LogP contribution in [0.25, 0.3) is 5.69 Å². The third kappa shape index (κ3) is 4.64. The molecule has 1 amide bonds. The van der Waals surface area contributed by atoms with Gasteiger partial charge in [0.15, 0.2) is 0 Å². The first-order valence-corrected chi connectivity index (χ1v) is 9.65. The molecule has 28 heavy (non-hydrogen) atoms. The molecule has 144 valence electrons. The summed E-state index contributed by atoms with van der Waals surface area (Å²) in [6, 6.07) is 18.3. The maximum atomic E-state index is 12.7. The van der Waals surface area contributed by atoms with Crippen molar-refractivity contribution in [3.05, 3.63) is 78.4 Å². The van der Waals surface area contributed by atoms with E-state index in [-0.39, 0.29) is 12.0 Å². The summed E-state index contributed by atoms with van der Waals surface area (Å²) >= 11 is 0. The molecule has 1 aromatic heterocycles. The van der Waals surface area contributed by atoms with Gasteiger partial charge in [-0.1, -0.05) is 42.5 Å². The number of ether oxygens (including phenoxy) is 1. The van der Waals surface area contributed by atoms with Gasteiger partial charge >= 0.3 is 0 Å². The second-order valence-corrected chi connectivity index (χ2v) is 7.07. The average Bonchev–Trinajstić information content (AvgIpc) is 3.29. The molecule has 2 aromatic carbocycles. The zero-order chi connectivity index (χ0) is 19.2. The molecular formula is C22H24N4O2. The molecule has 1 atom stereocenters.